The van der Waals surface area contributed by atoms with E-state index in [0.717, 1.165) is 32.5 Å². The van der Waals surface area contributed by atoms with Gasteiger partial charge in [-0.15, -0.1) is 0 Å². The van der Waals surface area contributed by atoms with Crippen LogP contribution in [0.3, 0.4) is 0 Å². The Bertz CT molecular complexity index is 177. The smallest absolute Gasteiger partial charge is 0.236 e. The molecule has 96 valence electrons. The molecule has 0 aliphatic rings. The van der Waals surface area contributed by atoms with E-state index in [9.17, 15) is 4.79 Å². The number of hydrogen-bond acceptors (Lipinski definition) is 2. The Balaban J connectivity index is 3.97. The van der Waals surface area contributed by atoms with Gasteiger partial charge in [-0.05, 0) is 32.9 Å². The van der Waals surface area contributed by atoms with Crippen molar-refractivity contribution in [3.8, 4) is 0 Å². The fraction of sp³-hybridized carbons (Fsp3) is 0.923. The summed E-state index contributed by atoms with van der Waals surface area (Å²) in [6, 6.07) is 0. The molecule has 0 fully saturated rings. The van der Waals surface area contributed by atoms with Crippen molar-refractivity contribution >= 4 is 5.91 Å². The van der Waals surface area contributed by atoms with Gasteiger partial charge < -0.3 is 4.90 Å². The predicted octanol–water partition coefficient (Wildman–Crippen LogP) is 2.37. The van der Waals surface area contributed by atoms with Crippen molar-refractivity contribution in [3.05, 3.63) is 0 Å². The van der Waals surface area contributed by atoms with Crippen LogP contribution in [-0.2, 0) is 4.79 Å². The van der Waals surface area contributed by atoms with E-state index < -0.39 is 0 Å². The van der Waals surface area contributed by atoms with Gasteiger partial charge in [0.05, 0.1) is 6.54 Å². The number of unbranched alkanes of at least 4 members (excludes halogenated alkanes) is 1. The lowest BCUT2D eigenvalue weighted by Gasteiger charge is -2.24. The molecule has 0 atom stereocenters. The maximum Gasteiger partial charge on any atom is 0.236 e. The minimum atomic E-state index is 0.280. The molecule has 0 aromatic heterocycles. The third kappa shape index (κ3) is 6.83. The van der Waals surface area contributed by atoms with Crippen molar-refractivity contribution in [2.24, 2.45) is 0 Å². The minimum absolute atomic E-state index is 0.280. The number of carbonyl (C=O) groups is 1. The van der Waals surface area contributed by atoms with Crippen LogP contribution in [0, 0.1) is 0 Å². The molecule has 3 nitrogen and oxygen atoms in total. The number of carbonyl (C=O) groups excluding carboxylic acids is 1. The first-order valence-electron chi connectivity index (χ1n) is 6.61. The van der Waals surface area contributed by atoms with Gasteiger partial charge in [-0.1, -0.05) is 27.2 Å². The summed E-state index contributed by atoms with van der Waals surface area (Å²) in [5.74, 6) is 0.280. The lowest BCUT2D eigenvalue weighted by molar-refractivity contribution is -0.132. The molecule has 0 radical (unpaired) electrons. The summed E-state index contributed by atoms with van der Waals surface area (Å²) in [6.45, 7) is 9.81. The van der Waals surface area contributed by atoms with Crippen LogP contribution in [0.15, 0.2) is 0 Å². The fourth-order valence-electron chi connectivity index (χ4n) is 1.74. The highest BCUT2D eigenvalue weighted by molar-refractivity contribution is 5.78. The van der Waals surface area contributed by atoms with Crippen LogP contribution in [0.4, 0.5) is 0 Å². The van der Waals surface area contributed by atoms with Gasteiger partial charge in [0, 0.05) is 13.1 Å². The zero-order chi connectivity index (χ0) is 12.4. The van der Waals surface area contributed by atoms with E-state index in [-0.39, 0.29) is 5.91 Å². The summed E-state index contributed by atoms with van der Waals surface area (Å²) in [5, 5.41) is 0. The molecule has 0 N–H and O–H groups in total. The third-order valence-electron chi connectivity index (χ3n) is 2.64. The molecular weight excluding hydrogens is 200 g/mol. The summed E-state index contributed by atoms with van der Waals surface area (Å²) in [7, 11) is 2.03. The van der Waals surface area contributed by atoms with E-state index in [0.29, 0.717) is 6.54 Å². The third-order valence-corrected chi connectivity index (χ3v) is 2.64. The van der Waals surface area contributed by atoms with Gasteiger partial charge in [-0.3, -0.25) is 9.69 Å². The van der Waals surface area contributed by atoms with Crippen LogP contribution >= 0.6 is 0 Å². The Labute approximate surface area is 101 Å². The topological polar surface area (TPSA) is 23.6 Å². The van der Waals surface area contributed by atoms with Gasteiger partial charge in [-0.25, -0.2) is 0 Å². The van der Waals surface area contributed by atoms with Crippen LogP contribution in [0.2, 0.25) is 0 Å². The molecule has 1 amide bonds. The Morgan fingerprint density at radius 3 is 1.94 bits per heavy atom. The highest BCUT2D eigenvalue weighted by Gasteiger charge is 2.13. The van der Waals surface area contributed by atoms with Crippen LogP contribution in [0.25, 0.3) is 0 Å². The summed E-state index contributed by atoms with van der Waals surface area (Å²) in [4.78, 5) is 16.1. The average Bonchev–Trinajstić information content (AvgIpc) is 2.26. The number of nitrogens with zero attached hydrogens (tertiary/aromatic N) is 2. The highest BCUT2D eigenvalue weighted by Crippen LogP contribution is 1.98. The second-order valence-electron chi connectivity index (χ2n) is 4.47. The van der Waals surface area contributed by atoms with Crippen LogP contribution < -0.4 is 0 Å². The monoisotopic (exact) mass is 228 g/mol. The molecule has 0 heterocycles. The number of rotatable bonds is 9. The minimum Gasteiger partial charge on any atom is -0.342 e. The number of likely N-dealkylation sites (N-methyl/N-ethyl adjacent to an activating group) is 1. The first-order valence-corrected chi connectivity index (χ1v) is 6.61. The van der Waals surface area contributed by atoms with Gasteiger partial charge in [0.2, 0.25) is 5.91 Å². The molecule has 0 saturated carbocycles. The molecule has 0 rings (SSSR count). The van der Waals surface area contributed by atoms with E-state index in [1.165, 1.54) is 12.8 Å². The quantitative estimate of drug-likeness (QED) is 0.605. The van der Waals surface area contributed by atoms with Gasteiger partial charge in [0.25, 0.3) is 0 Å². The van der Waals surface area contributed by atoms with E-state index in [2.05, 4.69) is 25.7 Å². The zero-order valence-corrected chi connectivity index (χ0v) is 11.5. The van der Waals surface area contributed by atoms with Crippen molar-refractivity contribution in [1.29, 1.82) is 0 Å². The second kappa shape index (κ2) is 9.64. The molecule has 0 aromatic rings. The normalized spacial score (nSPS) is 10.8. The molecule has 0 bridgehead atoms. The van der Waals surface area contributed by atoms with Crippen molar-refractivity contribution in [2.45, 2.75) is 46.5 Å². The predicted molar refractivity (Wildman–Crippen MR) is 69.6 cm³/mol. The Morgan fingerprint density at radius 2 is 1.50 bits per heavy atom. The maximum absolute atomic E-state index is 12.0. The van der Waals surface area contributed by atoms with Crippen molar-refractivity contribution in [3.63, 3.8) is 0 Å². The highest BCUT2D eigenvalue weighted by atomic mass is 16.2. The van der Waals surface area contributed by atoms with E-state index in [4.69, 9.17) is 0 Å². The molecule has 0 unspecified atom stereocenters. The van der Waals surface area contributed by atoms with Gasteiger partial charge in [-0.2, -0.15) is 0 Å². The van der Waals surface area contributed by atoms with Crippen LogP contribution in [0.5, 0.6) is 0 Å². The number of hydrogen-bond donors (Lipinski definition) is 0. The summed E-state index contributed by atoms with van der Waals surface area (Å²) < 4.78 is 0. The Morgan fingerprint density at radius 1 is 0.938 bits per heavy atom. The van der Waals surface area contributed by atoms with Crippen LogP contribution in [0.1, 0.15) is 46.5 Å². The molecule has 0 aliphatic carbocycles. The van der Waals surface area contributed by atoms with E-state index in [1.807, 2.05) is 11.9 Å². The van der Waals surface area contributed by atoms with Crippen LogP contribution in [-0.4, -0.2) is 48.9 Å². The molecule has 0 saturated heterocycles. The summed E-state index contributed by atoms with van der Waals surface area (Å²) in [6.07, 6.45) is 4.45. The van der Waals surface area contributed by atoms with E-state index >= 15 is 0 Å². The van der Waals surface area contributed by atoms with E-state index in [1.54, 1.807) is 0 Å². The Hall–Kier alpha value is -0.570. The molecule has 3 heteroatoms. The van der Waals surface area contributed by atoms with Gasteiger partial charge >= 0.3 is 0 Å². The van der Waals surface area contributed by atoms with Crippen molar-refractivity contribution < 1.29 is 4.79 Å². The number of amides is 1. The first-order chi connectivity index (χ1) is 7.65. The molecule has 0 aromatic carbocycles. The SMILES string of the molecule is CCCCN(C)CC(=O)N(CCC)CCC. The zero-order valence-electron chi connectivity index (χ0n) is 11.5. The average molecular weight is 228 g/mol. The summed E-state index contributed by atoms with van der Waals surface area (Å²) in [5.41, 5.74) is 0. The molecule has 0 spiro atoms. The first kappa shape index (κ1) is 15.4. The lowest BCUT2D eigenvalue weighted by Crippen LogP contribution is -2.40. The molecule has 16 heavy (non-hydrogen) atoms. The van der Waals surface area contributed by atoms with Crippen molar-refractivity contribution in [2.75, 3.05) is 33.2 Å². The Kier molecular flexibility index (Phi) is 9.30. The molecule has 0 aliphatic heterocycles. The summed E-state index contributed by atoms with van der Waals surface area (Å²) >= 11 is 0. The molecular formula is C13H28N2O. The fourth-order valence-corrected chi connectivity index (χ4v) is 1.74. The maximum atomic E-state index is 12.0. The largest absolute Gasteiger partial charge is 0.342 e. The van der Waals surface area contributed by atoms with Gasteiger partial charge in [0.1, 0.15) is 0 Å². The standard InChI is InChI=1S/C13H28N2O/c1-5-8-11-14(4)12-13(16)15(9-6-2)10-7-3/h5-12H2,1-4H3. The van der Waals surface area contributed by atoms with Crippen molar-refractivity contribution in [1.82, 2.24) is 9.80 Å². The van der Waals surface area contributed by atoms with Gasteiger partial charge in [0.15, 0.2) is 0 Å². The lowest BCUT2D eigenvalue weighted by atomic mass is 10.3. The second-order valence-corrected chi connectivity index (χ2v) is 4.47.